The number of sulfonamides is 1. The molecule has 0 bridgehead atoms. The van der Waals surface area contributed by atoms with Crippen molar-refractivity contribution in [3.8, 4) is 6.07 Å². The van der Waals surface area contributed by atoms with Gasteiger partial charge in [0.05, 0.1) is 17.4 Å². The molecule has 1 atom stereocenters. The maximum absolute atomic E-state index is 12.6. The Bertz CT molecular complexity index is 666. The van der Waals surface area contributed by atoms with Crippen LogP contribution in [-0.4, -0.2) is 49.8 Å². The first-order chi connectivity index (χ1) is 10.1. The van der Waals surface area contributed by atoms with Crippen LogP contribution in [0, 0.1) is 11.3 Å². The first kappa shape index (κ1) is 14.5. The zero-order valence-corrected chi connectivity index (χ0v) is 12.7. The van der Waals surface area contributed by atoms with Crippen molar-refractivity contribution in [1.82, 2.24) is 9.21 Å². The molecule has 2 fully saturated rings. The molecule has 2 aliphatic rings. The molecule has 2 saturated heterocycles. The van der Waals surface area contributed by atoms with Crippen molar-refractivity contribution < 1.29 is 8.42 Å². The summed E-state index contributed by atoms with van der Waals surface area (Å²) in [5.41, 5.74) is 1.19. The molecule has 1 aromatic carbocycles. The predicted octanol–water partition coefficient (Wildman–Crippen LogP) is 1.17. The fraction of sp³-hybridized carbons (Fsp3) is 0.533. The summed E-state index contributed by atoms with van der Waals surface area (Å²) in [6, 6.07) is 9.28. The molecule has 0 N–H and O–H groups in total. The highest BCUT2D eigenvalue weighted by atomic mass is 32.2. The van der Waals surface area contributed by atoms with E-state index in [9.17, 15) is 8.42 Å². The van der Waals surface area contributed by atoms with Gasteiger partial charge in [-0.25, -0.2) is 8.42 Å². The lowest BCUT2D eigenvalue weighted by atomic mass is 10.2. The van der Waals surface area contributed by atoms with E-state index < -0.39 is 10.0 Å². The van der Waals surface area contributed by atoms with E-state index in [0.29, 0.717) is 30.3 Å². The van der Waals surface area contributed by atoms with Gasteiger partial charge in [-0.1, -0.05) is 12.1 Å². The number of benzene rings is 1. The summed E-state index contributed by atoms with van der Waals surface area (Å²) in [5.74, 6) is -0.0186. The van der Waals surface area contributed by atoms with Crippen LogP contribution in [0.15, 0.2) is 24.3 Å². The molecule has 2 aliphatic heterocycles. The van der Waals surface area contributed by atoms with Crippen molar-refractivity contribution in [3.05, 3.63) is 35.4 Å². The van der Waals surface area contributed by atoms with Gasteiger partial charge in [0.25, 0.3) is 0 Å². The molecule has 5 nitrogen and oxygen atoms in total. The third-order valence-electron chi connectivity index (χ3n) is 4.35. The van der Waals surface area contributed by atoms with Crippen LogP contribution in [0.2, 0.25) is 0 Å². The Morgan fingerprint density at radius 2 is 2.14 bits per heavy atom. The second-order valence-electron chi connectivity index (χ2n) is 5.76. The quantitative estimate of drug-likeness (QED) is 0.841. The summed E-state index contributed by atoms with van der Waals surface area (Å²) in [4.78, 5) is 2.39. The van der Waals surface area contributed by atoms with Crippen LogP contribution in [0.25, 0.3) is 0 Å². The van der Waals surface area contributed by atoms with Crippen LogP contribution in [0.4, 0.5) is 0 Å². The molecular weight excluding hydrogens is 286 g/mol. The van der Waals surface area contributed by atoms with E-state index in [-0.39, 0.29) is 5.75 Å². The van der Waals surface area contributed by atoms with Gasteiger partial charge in [-0.15, -0.1) is 0 Å². The number of fused-ring (bicyclic) bond motifs is 1. The van der Waals surface area contributed by atoms with Crippen molar-refractivity contribution in [1.29, 1.82) is 5.26 Å². The highest BCUT2D eigenvalue weighted by Crippen LogP contribution is 2.24. The van der Waals surface area contributed by atoms with Crippen LogP contribution in [0.1, 0.15) is 24.0 Å². The standard InChI is InChI=1S/C15H19N3O2S/c16-10-13-3-1-4-14(9-13)12-21(19,20)18-8-7-17-6-2-5-15(17)11-18/h1,3-4,9,15H,2,5-8,11-12H2. The van der Waals surface area contributed by atoms with E-state index in [4.69, 9.17) is 5.26 Å². The average Bonchev–Trinajstić information content (AvgIpc) is 2.94. The van der Waals surface area contributed by atoms with Crippen molar-refractivity contribution in [2.24, 2.45) is 0 Å². The number of hydrogen-bond donors (Lipinski definition) is 0. The van der Waals surface area contributed by atoms with E-state index in [1.54, 1.807) is 28.6 Å². The third kappa shape index (κ3) is 3.10. The lowest BCUT2D eigenvalue weighted by Crippen LogP contribution is -2.52. The Kier molecular flexibility index (Phi) is 3.98. The molecule has 0 aliphatic carbocycles. The molecule has 21 heavy (non-hydrogen) atoms. The number of piperazine rings is 1. The van der Waals surface area contributed by atoms with Crippen molar-refractivity contribution in [3.63, 3.8) is 0 Å². The average molecular weight is 305 g/mol. The molecule has 0 saturated carbocycles. The van der Waals surface area contributed by atoms with Gasteiger partial charge >= 0.3 is 0 Å². The second-order valence-corrected chi connectivity index (χ2v) is 7.73. The summed E-state index contributed by atoms with van der Waals surface area (Å²) in [6.07, 6.45) is 2.26. The number of nitriles is 1. The Balaban J connectivity index is 1.73. The minimum absolute atomic E-state index is 0.0186. The van der Waals surface area contributed by atoms with Gasteiger partial charge < -0.3 is 0 Å². The smallest absolute Gasteiger partial charge is 0.218 e. The molecule has 0 spiro atoms. The van der Waals surface area contributed by atoms with Crippen LogP contribution in [0.5, 0.6) is 0 Å². The Hall–Kier alpha value is -1.42. The molecule has 0 radical (unpaired) electrons. The molecular formula is C15H19N3O2S. The first-order valence-corrected chi connectivity index (χ1v) is 8.90. The molecule has 3 rings (SSSR count). The van der Waals surface area contributed by atoms with Crippen molar-refractivity contribution in [2.45, 2.75) is 24.6 Å². The Labute approximate surface area is 125 Å². The molecule has 0 aromatic heterocycles. The minimum Gasteiger partial charge on any atom is -0.298 e. The zero-order valence-electron chi connectivity index (χ0n) is 11.9. The summed E-state index contributed by atoms with van der Waals surface area (Å²) >= 11 is 0. The summed E-state index contributed by atoms with van der Waals surface area (Å²) in [7, 11) is -3.30. The van der Waals surface area contributed by atoms with Gasteiger partial charge in [0.15, 0.2) is 0 Å². The van der Waals surface area contributed by atoms with E-state index >= 15 is 0 Å². The Morgan fingerprint density at radius 3 is 2.95 bits per heavy atom. The fourth-order valence-electron chi connectivity index (χ4n) is 3.25. The predicted molar refractivity (Wildman–Crippen MR) is 79.9 cm³/mol. The number of rotatable bonds is 3. The highest BCUT2D eigenvalue weighted by molar-refractivity contribution is 7.88. The number of nitrogens with zero attached hydrogens (tertiary/aromatic N) is 3. The van der Waals surface area contributed by atoms with Crippen LogP contribution < -0.4 is 0 Å². The van der Waals surface area contributed by atoms with Crippen molar-refractivity contribution >= 4 is 10.0 Å². The molecule has 0 amide bonds. The minimum atomic E-state index is -3.30. The van der Waals surface area contributed by atoms with Gasteiger partial charge in [0.2, 0.25) is 10.0 Å². The summed E-state index contributed by atoms with van der Waals surface area (Å²) in [6.45, 7) is 3.13. The molecule has 1 aromatic rings. The van der Waals surface area contributed by atoms with E-state index in [0.717, 1.165) is 19.5 Å². The van der Waals surface area contributed by atoms with Gasteiger partial charge in [-0.3, -0.25) is 4.90 Å². The zero-order chi connectivity index (χ0) is 14.9. The second kappa shape index (κ2) is 5.76. The molecule has 6 heteroatoms. The summed E-state index contributed by atoms with van der Waals surface area (Å²) in [5, 5.41) is 8.90. The maximum Gasteiger partial charge on any atom is 0.218 e. The van der Waals surface area contributed by atoms with Gasteiger partial charge in [0.1, 0.15) is 0 Å². The van der Waals surface area contributed by atoms with Crippen LogP contribution in [-0.2, 0) is 15.8 Å². The molecule has 112 valence electrons. The van der Waals surface area contributed by atoms with Gasteiger partial charge in [-0.05, 0) is 37.1 Å². The molecule has 2 heterocycles. The summed E-state index contributed by atoms with van der Waals surface area (Å²) < 4.78 is 26.8. The SMILES string of the molecule is N#Cc1cccc(CS(=O)(=O)N2CCN3CCCC3C2)c1. The third-order valence-corrected chi connectivity index (χ3v) is 6.17. The first-order valence-electron chi connectivity index (χ1n) is 7.29. The van der Waals surface area contributed by atoms with Crippen LogP contribution >= 0.6 is 0 Å². The maximum atomic E-state index is 12.6. The van der Waals surface area contributed by atoms with E-state index in [2.05, 4.69) is 4.90 Å². The normalized spacial score (nSPS) is 23.7. The lowest BCUT2D eigenvalue weighted by molar-refractivity contribution is 0.158. The van der Waals surface area contributed by atoms with Crippen LogP contribution in [0.3, 0.4) is 0 Å². The monoisotopic (exact) mass is 305 g/mol. The number of hydrogen-bond acceptors (Lipinski definition) is 4. The lowest BCUT2D eigenvalue weighted by Gasteiger charge is -2.36. The fourth-order valence-corrected chi connectivity index (χ4v) is 4.79. The largest absolute Gasteiger partial charge is 0.298 e. The Morgan fingerprint density at radius 1 is 1.29 bits per heavy atom. The van der Waals surface area contributed by atoms with Gasteiger partial charge in [0, 0.05) is 25.7 Å². The topological polar surface area (TPSA) is 64.4 Å². The molecule has 1 unspecified atom stereocenters. The van der Waals surface area contributed by atoms with Crippen molar-refractivity contribution in [2.75, 3.05) is 26.2 Å². The highest BCUT2D eigenvalue weighted by Gasteiger charge is 2.35. The van der Waals surface area contributed by atoms with Gasteiger partial charge in [-0.2, -0.15) is 9.57 Å². The van der Waals surface area contributed by atoms with E-state index in [1.165, 1.54) is 6.42 Å². The van der Waals surface area contributed by atoms with E-state index in [1.807, 2.05) is 6.07 Å².